The Kier molecular flexibility index (Phi) is 5.87. The van der Waals surface area contributed by atoms with Gasteiger partial charge in [0.05, 0.1) is 28.9 Å². The number of fused-ring (bicyclic) bond motifs is 1. The van der Waals surface area contributed by atoms with Crippen LogP contribution in [0.2, 0.25) is 0 Å². The minimum absolute atomic E-state index is 0.231. The van der Waals surface area contributed by atoms with Crippen LogP contribution < -0.4 is 10.1 Å². The van der Waals surface area contributed by atoms with Crippen LogP contribution in [0.4, 0.5) is 5.69 Å². The minimum atomic E-state index is -1.08. The summed E-state index contributed by atoms with van der Waals surface area (Å²) >= 11 is 5.41. The normalized spacial score (nSPS) is 19.4. The summed E-state index contributed by atoms with van der Waals surface area (Å²) in [6, 6.07) is 7.21. The molecule has 2 atom stereocenters. The van der Waals surface area contributed by atoms with Crippen LogP contribution in [-0.4, -0.2) is 47.3 Å². The van der Waals surface area contributed by atoms with Crippen molar-refractivity contribution >= 4 is 40.3 Å². The zero-order valence-electron chi connectivity index (χ0n) is 16.9. The predicted octanol–water partition coefficient (Wildman–Crippen LogP) is 3.11. The maximum atomic E-state index is 12.6. The van der Waals surface area contributed by atoms with E-state index in [1.807, 2.05) is 24.3 Å². The second-order valence-electron chi connectivity index (χ2n) is 6.90. The molecular formula is C24H20N2O4S. The number of ether oxygens (including phenoxy) is 2. The van der Waals surface area contributed by atoms with Gasteiger partial charge < -0.3 is 24.9 Å². The molecule has 1 aliphatic carbocycles. The number of anilines is 1. The molecule has 0 saturated carbocycles. The van der Waals surface area contributed by atoms with Crippen LogP contribution >= 0.6 is 12.2 Å². The zero-order chi connectivity index (χ0) is 22.0. The average molecular weight is 433 g/mol. The Morgan fingerprint density at radius 1 is 1.29 bits per heavy atom. The maximum absolute atomic E-state index is 12.6. The van der Waals surface area contributed by atoms with Crippen LogP contribution in [-0.2, 0) is 9.53 Å². The number of carbonyl (C=O) groups excluding carboxylic acids is 1. The molecule has 0 bridgehead atoms. The van der Waals surface area contributed by atoms with Crippen LogP contribution in [0.3, 0.4) is 0 Å². The van der Waals surface area contributed by atoms with Crippen LogP contribution in [0.15, 0.2) is 54.3 Å². The Hall–Kier alpha value is -3.44. The van der Waals surface area contributed by atoms with E-state index in [1.165, 1.54) is 0 Å². The van der Waals surface area contributed by atoms with E-state index in [0.717, 1.165) is 0 Å². The first-order valence-corrected chi connectivity index (χ1v) is 9.97. The molecule has 156 valence electrons. The second-order valence-corrected chi connectivity index (χ2v) is 7.34. The largest absolute Gasteiger partial charge is 0.495 e. The molecule has 0 spiro atoms. The standard InChI is InChI=1S/C24H20N2O4S/c1-29-20-11-12-25-18(20)13-16-22-14(5-3-7-17(22)26-24(16)28)9-10-19(27)15-6-4-8-21(30-2)23(15)31/h3-8,11-13,19,21,25,27H,1-2H3,(H,26,28)/b16-13-. The van der Waals surface area contributed by atoms with Crippen molar-refractivity contribution < 1.29 is 19.4 Å². The number of rotatable bonds is 4. The number of thiocarbonyl (C=S) groups is 1. The number of hydrogen-bond acceptors (Lipinski definition) is 5. The van der Waals surface area contributed by atoms with E-state index in [1.54, 1.807) is 44.7 Å². The van der Waals surface area contributed by atoms with Gasteiger partial charge in [-0.05, 0) is 24.3 Å². The third-order valence-electron chi connectivity index (χ3n) is 5.07. The van der Waals surface area contributed by atoms with Gasteiger partial charge >= 0.3 is 0 Å². The summed E-state index contributed by atoms with van der Waals surface area (Å²) < 4.78 is 10.6. The van der Waals surface area contributed by atoms with Gasteiger partial charge in [0.2, 0.25) is 0 Å². The number of hydrogen-bond donors (Lipinski definition) is 3. The van der Waals surface area contributed by atoms with Gasteiger partial charge in [-0.1, -0.05) is 48.4 Å². The van der Waals surface area contributed by atoms with Gasteiger partial charge in [0.15, 0.2) is 0 Å². The maximum Gasteiger partial charge on any atom is 0.256 e. The molecule has 2 aliphatic rings. The number of nitrogens with one attached hydrogen (secondary N) is 2. The van der Waals surface area contributed by atoms with E-state index in [0.29, 0.717) is 44.3 Å². The van der Waals surface area contributed by atoms with Crippen molar-refractivity contribution in [3.05, 3.63) is 71.1 Å². The number of aliphatic hydroxyl groups is 1. The lowest BCUT2D eigenvalue weighted by Crippen LogP contribution is -2.28. The number of methoxy groups -OCH3 is 2. The highest BCUT2D eigenvalue weighted by Gasteiger charge is 2.27. The molecule has 31 heavy (non-hydrogen) atoms. The van der Waals surface area contributed by atoms with Crippen LogP contribution in [0.1, 0.15) is 16.8 Å². The number of H-pyrrole nitrogens is 1. The summed E-state index contributed by atoms with van der Waals surface area (Å²) in [7, 11) is 3.13. The van der Waals surface area contributed by atoms with E-state index in [-0.39, 0.29) is 12.0 Å². The lowest BCUT2D eigenvalue weighted by atomic mass is 9.96. The highest BCUT2D eigenvalue weighted by Crippen LogP contribution is 2.36. The Balaban J connectivity index is 1.70. The first-order chi connectivity index (χ1) is 15.0. The Morgan fingerprint density at radius 2 is 2.13 bits per heavy atom. The summed E-state index contributed by atoms with van der Waals surface area (Å²) in [4.78, 5) is 16.2. The number of aromatic amines is 1. The molecule has 4 rings (SSSR count). The highest BCUT2D eigenvalue weighted by atomic mass is 32.1. The van der Waals surface area contributed by atoms with Crippen LogP contribution in [0.5, 0.6) is 5.75 Å². The quantitative estimate of drug-likeness (QED) is 0.393. The number of allylic oxidation sites excluding steroid dienone is 2. The van der Waals surface area contributed by atoms with Crippen molar-refractivity contribution in [2.75, 3.05) is 19.5 Å². The van der Waals surface area contributed by atoms with Crippen molar-refractivity contribution in [1.29, 1.82) is 0 Å². The van der Waals surface area contributed by atoms with Gasteiger partial charge in [-0.2, -0.15) is 0 Å². The summed E-state index contributed by atoms with van der Waals surface area (Å²) in [5.74, 6) is 6.27. The third-order valence-corrected chi connectivity index (χ3v) is 5.54. The van der Waals surface area contributed by atoms with Gasteiger partial charge in [0, 0.05) is 30.0 Å². The summed E-state index contributed by atoms with van der Waals surface area (Å²) in [5, 5.41) is 13.5. The average Bonchev–Trinajstić information content (AvgIpc) is 3.36. The molecule has 0 radical (unpaired) electrons. The van der Waals surface area contributed by atoms with E-state index in [9.17, 15) is 9.90 Å². The van der Waals surface area contributed by atoms with Crippen molar-refractivity contribution in [2.45, 2.75) is 12.2 Å². The topological polar surface area (TPSA) is 83.6 Å². The number of aliphatic hydroxyl groups excluding tert-OH is 1. The zero-order valence-corrected chi connectivity index (χ0v) is 17.7. The van der Waals surface area contributed by atoms with E-state index < -0.39 is 6.10 Å². The van der Waals surface area contributed by atoms with E-state index in [2.05, 4.69) is 22.1 Å². The van der Waals surface area contributed by atoms with Crippen molar-refractivity contribution in [1.82, 2.24) is 4.98 Å². The van der Waals surface area contributed by atoms with Gasteiger partial charge in [-0.25, -0.2) is 0 Å². The molecule has 2 unspecified atom stereocenters. The lowest BCUT2D eigenvalue weighted by Gasteiger charge is -2.19. The molecule has 7 heteroatoms. The molecule has 1 amide bonds. The molecule has 1 aromatic heterocycles. The summed E-state index contributed by atoms with van der Waals surface area (Å²) in [5.41, 5.74) is 3.64. The number of aromatic nitrogens is 1. The molecule has 3 N–H and O–H groups in total. The lowest BCUT2D eigenvalue weighted by molar-refractivity contribution is -0.110. The third kappa shape index (κ3) is 3.97. The number of amides is 1. The Bertz CT molecular complexity index is 1210. The molecule has 1 aliphatic heterocycles. The van der Waals surface area contributed by atoms with Crippen molar-refractivity contribution in [3.63, 3.8) is 0 Å². The van der Waals surface area contributed by atoms with Crippen LogP contribution in [0.25, 0.3) is 11.6 Å². The highest BCUT2D eigenvalue weighted by molar-refractivity contribution is 7.81. The fraction of sp³-hybridized carbons (Fsp3) is 0.167. The SMILES string of the molecule is COc1cc[nH]c1/C=C1\C(=O)Nc2cccc(C#CC(O)C3=CC=CC(OC)C3=S)c21. The smallest absolute Gasteiger partial charge is 0.256 e. The van der Waals surface area contributed by atoms with Crippen molar-refractivity contribution in [2.24, 2.45) is 0 Å². The fourth-order valence-corrected chi connectivity index (χ4v) is 3.88. The fourth-order valence-electron chi connectivity index (χ4n) is 3.52. The molecule has 2 aromatic rings. The minimum Gasteiger partial charge on any atom is -0.495 e. The first kappa shape index (κ1) is 20.8. The summed E-state index contributed by atoms with van der Waals surface area (Å²) in [6.07, 6.45) is 7.38. The molecular weight excluding hydrogens is 412 g/mol. The van der Waals surface area contributed by atoms with Gasteiger partial charge in [0.1, 0.15) is 18.0 Å². The number of carbonyl (C=O) groups is 1. The van der Waals surface area contributed by atoms with E-state index in [4.69, 9.17) is 21.7 Å². The van der Waals surface area contributed by atoms with Gasteiger partial charge in [-0.3, -0.25) is 4.79 Å². The van der Waals surface area contributed by atoms with Crippen molar-refractivity contribution in [3.8, 4) is 17.6 Å². The Morgan fingerprint density at radius 3 is 2.90 bits per heavy atom. The predicted molar refractivity (Wildman–Crippen MR) is 124 cm³/mol. The monoisotopic (exact) mass is 432 g/mol. The van der Waals surface area contributed by atoms with Gasteiger partial charge in [0.25, 0.3) is 5.91 Å². The molecule has 0 saturated heterocycles. The second kappa shape index (κ2) is 8.74. The van der Waals surface area contributed by atoms with E-state index >= 15 is 0 Å². The Labute approximate surface area is 185 Å². The summed E-state index contributed by atoms with van der Waals surface area (Å²) in [6.45, 7) is 0. The number of benzene rings is 1. The first-order valence-electron chi connectivity index (χ1n) is 9.56. The molecule has 6 nitrogen and oxygen atoms in total. The molecule has 1 aromatic carbocycles. The van der Waals surface area contributed by atoms with Crippen LogP contribution in [0, 0.1) is 11.8 Å². The molecule has 2 heterocycles. The van der Waals surface area contributed by atoms with Gasteiger partial charge in [-0.15, -0.1) is 0 Å². The molecule has 0 fully saturated rings.